The first-order chi connectivity index (χ1) is 10.8. The Balaban J connectivity index is 1.74. The first-order valence-electron chi connectivity index (χ1n) is 10.0. The van der Waals surface area contributed by atoms with Crippen molar-refractivity contribution in [3.63, 3.8) is 0 Å². The first-order valence-corrected chi connectivity index (χ1v) is 10.0. The maximum Gasteiger partial charge on any atom is 0.306 e. The van der Waals surface area contributed by atoms with E-state index in [-0.39, 0.29) is 12.1 Å². The summed E-state index contributed by atoms with van der Waals surface area (Å²) in [5, 5.41) is 0. The van der Waals surface area contributed by atoms with E-state index in [9.17, 15) is 4.79 Å². The Morgan fingerprint density at radius 3 is 1.82 bits per heavy atom. The molecule has 1 aliphatic rings. The van der Waals surface area contributed by atoms with Crippen LogP contribution in [0, 0.1) is 0 Å². The number of cyclic esters (lactones) is 1. The molecular weight excluding hydrogens is 272 g/mol. The molecule has 0 aromatic heterocycles. The van der Waals surface area contributed by atoms with E-state index in [0.717, 1.165) is 19.3 Å². The molecule has 0 spiro atoms. The lowest BCUT2D eigenvalue weighted by molar-refractivity contribution is -0.154. The number of hydrogen-bond donors (Lipinski definition) is 0. The van der Waals surface area contributed by atoms with Gasteiger partial charge in [0.1, 0.15) is 6.10 Å². The lowest BCUT2D eigenvalue weighted by Crippen LogP contribution is -2.23. The second-order valence-corrected chi connectivity index (χ2v) is 7.04. The van der Waals surface area contributed by atoms with Gasteiger partial charge in [0.2, 0.25) is 0 Å². The topological polar surface area (TPSA) is 26.3 Å². The van der Waals surface area contributed by atoms with Gasteiger partial charge in [-0.3, -0.25) is 4.79 Å². The highest BCUT2D eigenvalue weighted by molar-refractivity contribution is 5.70. The fourth-order valence-corrected chi connectivity index (χ4v) is 3.37. The van der Waals surface area contributed by atoms with Gasteiger partial charge in [0.05, 0.1) is 0 Å². The summed E-state index contributed by atoms with van der Waals surface area (Å²) in [6.45, 7) is 2.28. The predicted octanol–water partition coefficient (Wildman–Crippen LogP) is 6.56. The molecule has 1 atom stereocenters. The minimum atomic E-state index is 0.0194. The van der Waals surface area contributed by atoms with E-state index in [1.807, 2.05) is 0 Å². The minimum absolute atomic E-state index is 0.0194. The van der Waals surface area contributed by atoms with Crippen LogP contribution in [0.2, 0.25) is 0 Å². The van der Waals surface area contributed by atoms with E-state index >= 15 is 0 Å². The van der Waals surface area contributed by atoms with Gasteiger partial charge in [-0.1, -0.05) is 84.0 Å². The SMILES string of the molecule is CCCCCCCCCCCCCCC[C@H]1CCCC(=O)O1. The molecule has 1 aliphatic heterocycles. The van der Waals surface area contributed by atoms with Crippen LogP contribution < -0.4 is 0 Å². The molecule has 2 heteroatoms. The summed E-state index contributed by atoms with van der Waals surface area (Å²) < 4.78 is 5.35. The smallest absolute Gasteiger partial charge is 0.306 e. The highest BCUT2D eigenvalue weighted by Crippen LogP contribution is 2.20. The molecule has 0 unspecified atom stereocenters. The average molecular weight is 311 g/mol. The molecule has 1 fully saturated rings. The molecule has 0 radical (unpaired) electrons. The molecule has 0 aliphatic carbocycles. The quantitative estimate of drug-likeness (QED) is 0.268. The average Bonchev–Trinajstić information content (AvgIpc) is 2.52. The van der Waals surface area contributed by atoms with Crippen molar-refractivity contribution in [2.75, 3.05) is 0 Å². The summed E-state index contributed by atoms with van der Waals surface area (Å²) in [7, 11) is 0. The zero-order valence-corrected chi connectivity index (χ0v) is 14.9. The van der Waals surface area contributed by atoms with E-state index in [1.54, 1.807) is 0 Å². The standard InChI is InChI=1S/C20H38O2/c1-2-3-4-5-6-7-8-9-10-11-12-13-14-16-19-17-15-18-20(21)22-19/h19H,2-18H2,1H3/t19-/m0/s1. The van der Waals surface area contributed by atoms with E-state index in [4.69, 9.17) is 4.74 Å². The molecule has 0 aromatic carbocycles. The van der Waals surface area contributed by atoms with Crippen LogP contribution in [0.15, 0.2) is 0 Å². The normalized spacial score (nSPS) is 18.4. The van der Waals surface area contributed by atoms with Crippen molar-refractivity contribution in [2.45, 2.75) is 122 Å². The van der Waals surface area contributed by atoms with Crippen molar-refractivity contribution < 1.29 is 9.53 Å². The number of rotatable bonds is 14. The first kappa shape index (κ1) is 19.5. The number of esters is 1. The molecule has 0 bridgehead atoms. The van der Waals surface area contributed by atoms with Gasteiger partial charge in [-0.25, -0.2) is 0 Å². The maximum atomic E-state index is 11.2. The van der Waals surface area contributed by atoms with Crippen LogP contribution in [0.25, 0.3) is 0 Å². The summed E-state index contributed by atoms with van der Waals surface area (Å²) in [5.41, 5.74) is 0. The lowest BCUT2D eigenvalue weighted by atomic mass is 10.0. The summed E-state index contributed by atoms with van der Waals surface area (Å²) in [6, 6.07) is 0. The van der Waals surface area contributed by atoms with E-state index in [0.29, 0.717) is 6.42 Å². The maximum absolute atomic E-state index is 11.2. The number of carbonyl (C=O) groups is 1. The van der Waals surface area contributed by atoms with Gasteiger partial charge < -0.3 is 4.74 Å². The Morgan fingerprint density at radius 1 is 0.818 bits per heavy atom. The minimum Gasteiger partial charge on any atom is -0.462 e. The van der Waals surface area contributed by atoms with Crippen molar-refractivity contribution in [3.8, 4) is 0 Å². The van der Waals surface area contributed by atoms with Gasteiger partial charge in [0.15, 0.2) is 0 Å². The highest BCUT2D eigenvalue weighted by atomic mass is 16.5. The van der Waals surface area contributed by atoms with Gasteiger partial charge in [0, 0.05) is 6.42 Å². The van der Waals surface area contributed by atoms with E-state index in [1.165, 1.54) is 83.5 Å². The Hall–Kier alpha value is -0.530. The van der Waals surface area contributed by atoms with Gasteiger partial charge in [-0.05, 0) is 25.7 Å². The fraction of sp³-hybridized carbons (Fsp3) is 0.950. The number of carbonyl (C=O) groups excluding carboxylic acids is 1. The van der Waals surface area contributed by atoms with Crippen LogP contribution in [0.5, 0.6) is 0 Å². The molecule has 0 amide bonds. The van der Waals surface area contributed by atoms with Crippen LogP contribution in [0.4, 0.5) is 0 Å². The Kier molecular flexibility index (Phi) is 12.5. The van der Waals surface area contributed by atoms with Crippen LogP contribution in [0.1, 0.15) is 116 Å². The molecule has 22 heavy (non-hydrogen) atoms. The summed E-state index contributed by atoms with van der Waals surface area (Å²) in [5.74, 6) is 0.0194. The van der Waals surface area contributed by atoms with Crippen molar-refractivity contribution >= 4 is 5.97 Å². The van der Waals surface area contributed by atoms with Crippen molar-refractivity contribution in [1.82, 2.24) is 0 Å². The predicted molar refractivity (Wildman–Crippen MR) is 94.0 cm³/mol. The largest absolute Gasteiger partial charge is 0.462 e. The van der Waals surface area contributed by atoms with Crippen LogP contribution >= 0.6 is 0 Å². The van der Waals surface area contributed by atoms with Crippen LogP contribution in [-0.2, 0) is 9.53 Å². The molecule has 0 N–H and O–H groups in total. The van der Waals surface area contributed by atoms with Crippen LogP contribution in [0.3, 0.4) is 0 Å². The third kappa shape index (κ3) is 11.1. The highest BCUT2D eigenvalue weighted by Gasteiger charge is 2.19. The molecule has 0 saturated carbocycles. The van der Waals surface area contributed by atoms with E-state index < -0.39 is 0 Å². The van der Waals surface area contributed by atoms with Crippen molar-refractivity contribution in [1.29, 1.82) is 0 Å². The Morgan fingerprint density at radius 2 is 1.32 bits per heavy atom. The number of hydrogen-bond acceptors (Lipinski definition) is 2. The summed E-state index contributed by atoms with van der Waals surface area (Å²) >= 11 is 0. The third-order valence-electron chi connectivity index (χ3n) is 4.83. The van der Waals surface area contributed by atoms with Crippen molar-refractivity contribution in [2.24, 2.45) is 0 Å². The fourth-order valence-electron chi connectivity index (χ4n) is 3.37. The zero-order valence-electron chi connectivity index (χ0n) is 14.9. The van der Waals surface area contributed by atoms with E-state index in [2.05, 4.69) is 6.92 Å². The monoisotopic (exact) mass is 310 g/mol. The Labute approximate surface area is 138 Å². The van der Waals surface area contributed by atoms with Crippen LogP contribution in [-0.4, -0.2) is 12.1 Å². The second-order valence-electron chi connectivity index (χ2n) is 7.04. The molecule has 1 saturated heterocycles. The lowest BCUT2D eigenvalue weighted by Gasteiger charge is -2.21. The third-order valence-corrected chi connectivity index (χ3v) is 4.83. The molecule has 130 valence electrons. The molecule has 0 aromatic rings. The number of unbranched alkanes of at least 4 members (excludes halogenated alkanes) is 12. The summed E-state index contributed by atoms with van der Waals surface area (Å²) in [4.78, 5) is 11.2. The second kappa shape index (κ2) is 14.1. The molecule has 1 rings (SSSR count). The van der Waals surface area contributed by atoms with Gasteiger partial charge >= 0.3 is 5.97 Å². The number of ether oxygens (including phenoxy) is 1. The van der Waals surface area contributed by atoms with Gasteiger partial charge in [-0.15, -0.1) is 0 Å². The summed E-state index contributed by atoms with van der Waals surface area (Å²) in [6.07, 6.45) is 22.2. The zero-order chi connectivity index (χ0) is 15.9. The molecule has 2 nitrogen and oxygen atoms in total. The van der Waals surface area contributed by atoms with Crippen molar-refractivity contribution in [3.05, 3.63) is 0 Å². The van der Waals surface area contributed by atoms with Gasteiger partial charge in [0.25, 0.3) is 0 Å². The van der Waals surface area contributed by atoms with Gasteiger partial charge in [-0.2, -0.15) is 0 Å². The molecular formula is C20H38O2. The Bertz CT molecular complexity index is 262. The molecule has 1 heterocycles.